The molecule has 8 heteroatoms. The molecule has 244 valence electrons. The van der Waals surface area contributed by atoms with E-state index in [1.807, 2.05) is 0 Å². The third-order valence-electron chi connectivity index (χ3n) is 13.3. The molecule has 11 atom stereocenters. The summed E-state index contributed by atoms with van der Waals surface area (Å²) >= 11 is 12.8. The van der Waals surface area contributed by atoms with Gasteiger partial charge in [-0.1, -0.05) is 19.3 Å². The first kappa shape index (κ1) is 32.4. The summed E-state index contributed by atoms with van der Waals surface area (Å²) in [4.78, 5) is 16.1. The van der Waals surface area contributed by atoms with Gasteiger partial charge in [-0.15, -0.1) is 23.2 Å². The summed E-state index contributed by atoms with van der Waals surface area (Å²) in [5, 5.41) is 11.9. The number of halogens is 3. The van der Waals surface area contributed by atoms with Crippen LogP contribution in [0.5, 0.6) is 0 Å². The molecule has 2 saturated carbocycles. The van der Waals surface area contributed by atoms with E-state index < -0.39 is 6.30 Å². The molecule has 1 spiro atoms. The maximum absolute atomic E-state index is 16.3. The first-order valence-corrected chi connectivity index (χ1v) is 19.0. The van der Waals surface area contributed by atoms with Crippen molar-refractivity contribution in [3.8, 4) is 0 Å². The van der Waals surface area contributed by atoms with E-state index in [-0.39, 0.29) is 22.6 Å². The number of likely N-dealkylation sites (tertiary alicyclic amines) is 1. The lowest BCUT2D eigenvalue weighted by atomic mass is 9.63. The van der Waals surface area contributed by atoms with Gasteiger partial charge in [0.1, 0.15) is 0 Å². The van der Waals surface area contributed by atoms with Crippen LogP contribution in [0.4, 0.5) is 4.39 Å². The lowest BCUT2D eigenvalue weighted by Crippen LogP contribution is -2.80. The minimum absolute atomic E-state index is 0.00836. The quantitative estimate of drug-likeness (QED) is 0.176. The van der Waals surface area contributed by atoms with Gasteiger partial charge in [-0.05, 0) is 102 Å². The number of carbonyl (C=O) groups is 1. The predicted molar refractivity (Wildman–Crippen MR) is 174 cm³/mol. The van der Waals surface area contributed by atoms with E-state index in [2.05, 4.69) is 17.1 Å². The highest BCUT2D eigenvalue weighted by Crippen LogP contribution is 2.55. The molecule has 4 aliphatic heterocycles. The number of nitrogens with one attached hydrogen (secondary N) is 2. The van der Waals surface area contributed by atoms with Crippen LogP contribution in [0.1, 0.15) is 122 Å². The van der Waals surface area contributed by atoms with Gasteiger partial charge in [0.15, 0.2) is 0 Å². The second-order valence-corrected chi connectivity index (χ2v) is 16.8. The van der Waals surface area contributed by atoms with E-state index in [0.717, 1.165) is 81.2 Å². The second-order valence-electron chi connectivity index (χ2n) is 15.7. The van der Waals surface area contributed by atoms with Crippen molar-refractivity contribution in [2.45, 2.75) is 158 Å². The molecule has 6 rings (SSSR count). The van der Waals surface area contributed by atoms with Crippen LogP contribution in [0.15, 0.2) is 0 Å². The Bertz CT molecular complexity index is 965. The number of amides is 1. The Hall–Kier alpha value is -0.590. The van der Waals surface area contributed by atoms with Gasteiger partial charge >= 0.3 is 0 Å². The van der Waals surface area contributed by atoms with Crippen molar-refractivity contribution in [1.82, 2.24) is 10.2 Å². The first-order chi connectivity index (χ1) is 20.8. The average molecular weight is 641 g/mol. The van der Waals surface area contributed by atoms with Gasteiger partial charge in [0.05, 0.1) is 35.8 Å². The number of rotatable bonds is 6. The third kappa shape index (κ3) is 6.64. The summed E-state index contributed by atoms with van der Waals surface area (Å²) in [5.74, 6) is 2.75. The standard InChI is InChI=1S/C35H57Cl2FN4O/c1-23-30(12-14-33(38)42(23)28-8-5-3-2-4-6-9-29(42)20-28)26-16-25(22-41-15-7-10-34(41)39)17-27(19-26)35(43)40-21-24-11-13-31(36)32(37)18-24/h23-33,39H,2-22H2,1H3/p+1. The number of alkyl halides is 3. The van der Waals surface area contributed by atoms with E-state index >= 15 is 4.39 Å². The topological polar surface area (TPSA) is 56.2 Å². The first-order valence-electron chi connectivity index (χ1n) is 18.2. The molecular formula is C35H58Cl2FN4O+. The number of quaternary nitrogens is 1. The molecule has 2 aliphatic carbocycles. The largest absolute Gasteiger partial charge is 0.360 e. The van der Waals surface area contributed by atoms with E-state index in [9.17, 15) is 4.79 Å². The maximum atomic E-state index is 16.3. The molecule has 43 heavy (non-hydrogen) atoms. The molecule has 5 nitrogen and oxygen atoms in total. The van der Waals surface area contributed by atoms with Crippen LogP contribution < -0.4 is 5.32 Å². The van der Waals surface area contributed by atoms with Gasteiger partial charge in [-0.25, -0.2) is 0 Å². The van der Waals surface area contributed by atoms with Crippen LogP contribution in [0.2, 0.25) is 0 Å². The fourth-order valence-electron chi connectivity index (χ4n) is 11.1. The zero-order valence-electron chi connectivity index (χ0n) is 26.6. The molecule has 0 aromatic carbocycles. The van der Waals surface area contributed by atoms with E-state index in [1.165, 1.54) is 51.4 Å². The minimum Gasteiger partial charge on any atom is -0.360 e. The van der Waals surface area contributed by atoms with Crippen molar-refractivity contribution >= 4 is 34.9 Å². The van der Waals surface area contributed by atoms with Crippen molar-refractivity contribution in [2.24, 2.45) is 29.6 Å². The van der Waals surface area contributed by atoms with Gasteiger partial charge in [0, 0.05) is 49.7 Å². The molecule has 1 amide bonds. The summed E-state index contributed by atoms with van der Waals surface area (Å²) < 4.78 is 17.1. The number of piperidine rings is 1. The number of amidine groups is 1. The molecule has 2 N–H and O–H groups in total. The molecule has 0 radical (unpaired) electrons. The Balaban J connectivity index is 1.18. The van der Waals surface area contributed by atoms with Crippen molar-refractivity contribution in [1.29, 1.82) is 5.41 Å². The summed E-state index contributed by atoms with van der Waals surface area (Å²) in [7, 11) is 0. The maximum Gasteiger partial charge on any atom is 0.232 e. The van der Waals surface area contributed by atoms with Gasteiger partial charge in [-0.3, -0.25) is 14.7 Å². The zero-order chi connectivity index (χ0) is 30.1. The Morgan fingerprint density at radius 1 is 0.884 bits per heavy atom. The SMILES string of the molecule is CC1C(C2CC(CN3CCCC3=N)CC(C(=O)NCC3CCC(Cl)C(Cl)C3)C2)CCC(F)[N+]12C1CCCCCCCC2C1. The number of hydrogen-bond acceptors (Lipinski definition) is 2. The fourth-order valence-corrected chi connectivity index (χ4v) is 11.7. The highest BCUT2D eigenvalue weighted by Gasteiger charge is 2.65. The number of hydrogen-bond donors (Lipinski definition) is 2. The Morgan fingerprint density at radius 2 is 1.63 bits per heavy atom. The highest BCUT2D eigenvalue weighted by atomic mass is 35.5. The Labute approximate surface area is 270 Å². The van der Waals surface area contributed by atoms with Crippen molar-refractivity contribution < 1.29 is 13.7 Å². The average Bonchev–Trinajstić information content (AvgIpc) is 3.39. The predicted octanol–water partition coefficient (Wildman–Crippen LogP) is 8.02. The van der Waals surface area contributed by atoms with Gasteiger partial charge < -0.3 is 10.2 Å². The van der Waals surface area contributed by atoms with E-state index in [1.54, 1.807) is 0 Å². The third-order valence-corrected chi connectivity index (χ3v) is 14.5. The van der Waals surface area contributed by atoms with Gasteiger partial charge in [0.25, 0.3) is 0 Å². The van der Waals surface area contributed by atoms with Crippen molar-refractivity contribution in [2.75, 3.05) is 19.6 Å². The lowest BCUT2D eigenvalue weighted by Gasteiger charge is -2.67. The van der Waals surface area contributed by atoms with Crippen molar-refractivity contribution in [3.63, 3.8) is 0 Å². The molecule has 11 unspecified atom stereocenters. The number of nitrogens with zero attached hydrogens (tertiary/aromatic N) is 2. The van der Waals surface area contributed by atoms with Gasteiger partial charge in [-0.2, -0.15) is 4.39 Å². The van der Waals surface area contributed by atoms with Crippen LogP contribution in [-0.2, 0) is 4.79 Å². The van der Waals surface area contributed by atoms with Crippen LogP contribution in [0.25, 0.3) is 0 Å². The zero-order valence-corrected chi connectivity index (χ0v) is 28.1. The number of carbonyl (C=O) groups excluding carboxylic acids is 1. The molecule has 6 fully saturated rings. The molecule has 2 bridgehead atoms. The molecule has 0 aromatic rings. The summed E-state index contributed by atoms with van der Waals surface area (Å²) in [6.45, 7) is 4.99. The molecule has 6 aliphatic rings. The Kier molecular flexibility index (Phi) is 10.6. The Morgan fingerprint density at radius 3 is 2.33 bits per heavy atom. The van der Waals surface area contributed by atoms with Crippen molar-refractivity contribution in [3.05, 3.63) is 0 Å². The van der Waals surface area contributed by atoms with Gasteiger partial charge in [0.2, 0.25) is 12.2 Å². The van der Waals surface area contributed by atoms with Crippen LogP contribution in [0.3, 0.4) is 0 Å². The normalized spacial score (nSPS) is 45.9. The van der Waals surface area contributed by atoms with E-state index in [4.69, 9.17) is 28.6 Å². The smallest absolute Gasteiger partial charge is 0.232 e. The molecule has 4 saturated heterocycles. The fraction of sp³-hybridized carbons (Fsp3) is 0.943. The van der Waals surface area contributed by atoms with Crippen LogP contribution >= 0.6 is 23.2 Å². The molecular weight excluding hydrogens is 582 g/mol. The molecule has 0 aromatic heterocycles. The minimum atomic E-state index is -0.716. The second kappa shape index (κ2) is 14.0. The summed E-state index contributed by atoms with van der Waals surface area (Å²) in [5.41, 5.74) is 0. The van der Waals surface area contributed by atoms with E-state index in [0.29, 0.717) is 54.8 Å². The summed E-state index contributed by atoms with van der Waals surface area (Å²) in [6, 6.07) is 1.32. The highest BCUT2D eigenvalue weighted by molar-refractivity contribution is 6.30. The monoisotopic (exact) mass is 639 g/mol. The molecule has 4 heterocycles. The summed E-state index contributed by atoms with van der Waals surface area (Å²) in [6.07, 6.45) is 18.8. The van der Waals surface area contributed by atoms with Crippen LogP contribution in [-0.4, -0.2) is 75.9 Å². The lowest BCUT2D eigenvalue weighted by molar-refractivity contribution is -1.07. The van der Waals surface area contributed by atoms with Crippen LogP contribution in [0, 0.1) is 35.0 Å².